The van der Waals surface area contributed by atoms with Gasteiger partial charge in [0.2, 0.25) is 5.91 Å². The van der Waals surface area contributed by atoms with E-state index in [0.717, 1.165) is 18.0 Å². The number of hydrogen-bond donors (Lipinski definition) is 1. The molecule has 0 spiro atoms. The van der Waals surface area contributed by atoms with E-state index in [0.29, 0.717) is 26.2 Å². The van der Waals surface area contributed by atoms with Crippen molar-refractivity contribution in [3.63, 3.8) is 0 Å². The number of rotatable bonds is 5. The van der Waals surface area contributed by atoms with Gasteiger partial charge in [0.15, 0.2) is 0 Å². The summed E-state index contributed by atoms with van der Waals surface area (Å²) in [5.41, 5.74) is 6.35. The van der Waals surface area contributed by atoms with E-state index in [1.807, 2.05) is 23.1 Å². The quantitative estimate of drug-likeness (QED) is 0.820. The van der Waals surface area contributed by atoms with Gasteiger partial charge in [-0.15, -0.1) is 11.8 Å². The number of nitrogens with zero attached hydrogens (tertiary/aromatic N) is 1. The van der Waals surface area contributed by atoms with Crippen LogP contribution in [0.2, 0.25) is 0 Å². The second-order valence-electron chi connectivity index (χ2n) is 4.01. The van der Waals surface area contributed by atoms with Crippen molar-refractivity contribution in [1.82, 2.24) is 0 Å². The molecule has 2 rings (SSSR count). The molecule has 0 fully saturated rings. The van der Waals surface area contributed by atoms with Crippen molar-refractivity contribution < 1.29 is 9.53 Å². The van der Waals surface area contributed by atoms with E-state index < -0.39 is 0 Å². The summed E-state index contributed by atoms with van der Waals surface area (Å²) in [6.07, 6.45) is 0.416. The monoisotopic (exact) mass is 266 g/mol. The first-order chi connectivity index (χ1) is 8.83. The molecule has 0 aromatic heterocycles. The Labute approximate surface area is 111 Å². The smallest absolute Gasteiger partial charge is 0.229 e. The van der Waals surface area contributed by atoms with Gasteiger partial charge >= 0.3 is 0 Å². The fourth-order valence-electron chi connectivity index (χ4n) is 1.91. The summed E-state index contributed by atoms with van der Waals surface area (Å²) in [5.74, 6) is 1.08. The zero-order chi connectivity index (χ0) is 12.8. The third-order valence-electron chi connectivity index (χ3n) is 2.75. The molecule has 1 amide bonds. The third kappa shape index (κ3) is 3.25. The number of anilines is 1. The molecule has 0 aliphatic carbocycles. The summed E-state index contributed by atoms with van der Waals surface area (Å²) in [4.78, 5) is 15.2. The van der Waals surface area contributed by atoms with E-state index in [4.69, 9.17) is 10.5 Å². The molecule has 1 aromatic rings. The minimum absolute atomic E-state index is 0.125. The maximum absolute atomic E-state index is 12.1. The molecule has 4 nitrogen and oxygen atoms in total. The van der Waals surface area contributed by atoms with Crippen LogP contribution >= 0.6 is 11.8 Å². The molecule has 98 valence electrons. The SMILES string of the molecule is NCCOCCC(=O)N1CCSc2ccccc21. The lowest BCUT2D eigenvalue weighted by Crippen LogP contribution is -2.36. The topological polar surface area (TPSA) is 55.6 Å². The molecule has 18 heavy (non-hydrogen) atoms. The highest BCUT2D eigenvalue weighted by atomic mass is 32.2. The Bertz CT molecular complexity index is 412. The highest BCUT2D eigenvalue weighted by Crippen LogP contribution is 2.34. The Hall–Kier alpha value is -1.04. The van der Waals surface area contributed by atoms with Crippen LogP contribution in [0.1, 0.15) is 6.42 Å². The molecule has 0 atom stereocenters. The van der Waals surface area contributed by atoms with Crippen LogP contribution in [0.5, 0.6) is 0 Å². The molecule has 0 saturated heterocycles. The van der Waals surface area contributed by atoms with Gasteiger partial charge in [-0.1, -0.05) is 12.1 Å². The van der Waals surface area contributed by atoms with Gasteiger partial charge in [-0.25, -0.2) is 0 Å². The fourth-order valence-corrected chi connectivity index (χ4v) is 2.90. The molecule has 1 aliphatic rings. The summed E-state index contributed by atoms with van der Waals surface area (Å²) in [6.45, 7) is 2.23. The summed E-state index contributed by atoms with van der Waals surface area (Å²) in [6, 6.07) is 8.03. The van der Waals surface area contributed by atoms with E-state index >= 15 is 0 Å². The Morgan fingerprint density at radius 2 is 2.22 bits per heavy atom. The van der Waals surface area contributed by atoms with Crippen LogP contribution in [0.3, 0.4) is 0 Å². The van der Waals surface area contributed by atoms with Crippen LogP contribution in [0.15, 0.2) is 29.2 Å². The van der Waals surface area contributed by atoms with E-state index in [1.165, 1.54) is 4.90 Å². The number of carbonyl (C=O) groups excluding carboxylic acids is 1. The number of ether oxygens (including phenoxy) is 1. The minimum Gasteiger partial charge on any atom is -0.380 e. The lowest BCUT2D eigenvalue weighted by atomic mass is 10.2. The Morgan fingerprint density at radius 3 is 3.06 bits per heavy atom. The van der Waals surface area contributed by atoms with Crippen LogP contribution in [0.4, 0.5) is 5.69 Å². The Kier molecular flexibility index (Phi) is 5.04. The first kappa shape index (κ1) is 13.4. The van der Waals surface area contributed by atoms with E-state index in [1.54, 1.807) is 11.8 Å². The van der Waals surface area contributed by atoms with Gasteiger partial charge < -0.3 is 15.4 Å². The maximum atomic E-state index is 12.1. The van der Waals surface area contributed by atoms with E-state index in [9.17, 15) is 4.79 Å². The van der Waals surface area contributed by atoms with Gasteiger partial charge in [0, 0.05) is 23.7 Å². The van der Waals surface area contributed by atoms with Gasteiger partial charge in [0.1, 0.15) is 0 Å². The second kappa shape index (κ2) is 6.78. The van der Waals surface area contributed by atoms with Crippen molar-refractivity contribution in [1.29, 1.82) is 0 Å². The van der Waals surface area contributed by atoms with Crippen LogP contribution in [0.25, 0.3) is 0 Å². The first-order valence-electron chi connectivity index (χ1n) is 6.13. The molecular weight excluding hydrogens is 248 g/mol. The van der Waals surface area contributed by atoms with E-state index in [2.05, 4.69) is 6.07 Å². The normalized spacial score (nSPS) is 14.4. The number of carbonyl (C=O) groups is 1. The van der Waals surface area contributed by atoms with Crippen molar-refractivity contribution >= 4 is 23.4 Å². The number of thioether (sulfide) groups is 1. The molecule has 2 N–H and O–H groups in total. The molecule has 1 aliphatic heterocycles. The van der Waals surface area contributed by atoms with Gasteiger partial charge in [0.25, 0.3) is 0 Å². The highest BCUT2D eigenvalue weighted by Gasteiger charge is 2.21. The molecule has 0 radical (unpaired) electrons. The molecule has 1 heterocycles. The van der Waals surface area contributed by atoms with Gasteiger partial charge in [-0.05, 0) is 12.1 Å². The van der Waals surface area contributed by atoms with Crippen molar-refractivity contribution in [3.8, 4) is 0 Å². The van der Waals surface area contributed by atoms with Crippen LogP contribution < -0.4 is 10.6 Å². The molecule has 1 aromatic carbocycles. The zero-order valence-electron chi connectivity index (χ0n) is 10.3. The second-order valence-corrected chi connectivity index (χ2v) is 5.15. The third-order valence-corrected chi connectivity index (χ3v) is 3.79. The summed E-state index contributed by atoms with van der Waals surface area (Å²) in [7, 11) is 0. The lowest BCUT2D eigenvalue weighted by Gasteiger charge is -2.29. The van der Waals surface area contributed by atoms with Crippen molar-refractivity contribution in [2.45, 2.75) is 11.3 Å². The predicted molar refractivity (Wildman–Crippen MR) is 74.0 cm³/mol. The van der Waals surface area contributed by atoms with Crippen LogP contribution in [-0.4, -0.2) is 38.0 Å². The number of nitrogens with two attached hydrogens (primary N) is 1. The van der Waals surface area contributed by atoms with Crippen molar-refractivity contribution in [3.05, 3.63) is 24.3 Å². The molecule has 5 heteroatoms. The van der Waals surface area contributed by atoms with Gasteiger partial charge in [-0.3, -0.25) is 4.79 Å². The Balaban J connectivity index is 1.95. The molecular formula is C13H18N2O2S. The number of amides is 1. The van der Waals surface area contributed by atoms with Crippen molar-refractivity contribution in [2.75, 3.05) is 37.0 Å². The van der Waals surface area contributed by atoms with Crippen LogP contribution in [0, 0.1) is 0 Å². The molecule has 0 unspecified atom stereocenters. The molecule has 0 bridgehead atoms. The standard InChI is InChI=1S/C13H18N2O2S/c14-6-9-17-8-5-13(16)15-7-10-18-12-4-2-1-3-11(12)15/h1-4H,5-10,14H2. The average Bonchev–Trinajstić information content (AvgIpc) is 2.43. The van der Waals surface area contributed by atoms with E-state index in [-0.39, 0.29) is 5.91 Å². The molecule has 0 saturated carbocycles. The number of para-hydroxylation sites is 1. The first-order valence-corrected chi connectivity index (χ1v) is 7.11. The number of benzene rings is 1. The minimum atomic E-state index is 0.125. The summed E-state index contributed by atoms with van der Waals surface area (Å²) >= 11 is 1.80. The summed E-state index contributed by atoms with van der Waals surface area (Å²) in [5, 5.41) is 0. The zero-order valence-corrected chi connectivity index (χ0v) is 11.1. The Morgan fingerprint density at radius 1 is 1.39 bits per heavy atom. The lowest BCUT2D eigenvalue weighted by molar-refractivity contribution is -0.119. The maximum Gasteiger partial charge on any atom is 0.229 e. The fraction of sp³-hybridized carbons (Fsp3) is 0.462. The average molecular weight is 266 g/mol. The number of fused-ring (bicyclic) bond motifs is 1. The largest absolute Gasteiger partial charge is 0.380 e. The van der Waals surface area contributed by atoms with Gasteiger partial charge in [-0.2, -0.15) is 0 Å². The van der Waals surface area contributed by atoms with Crippen molar-refractivity contribution in [2.24, 2.45) is 5.73 Å². The highest BCUT2D eigenvalue weighted by molar-refractivity contribution is 7.99. The predicted octanol–water partition coefficient (Wildman–Crippen LogP) is 1.49. The summed E-state index contributed by atoms with van der Waals surface area (Å²) < 4.78 is 5.25. The van der Waals surface area contributed by atoms with Crippen LogP contribution in [-0.2, 0) is 9.53 Å². The van der Waals surface area contributed by atoms with Gasteiger partial charge in [0.05, 0.1) is 25.3 Å². The number of hydrogen-bond acceptors (Lipinski definition) is 4.